The Balaban J connectivity index is 0.00000225. The number of halogens is 1. The second-order valence-corrected chi connectivity index (χ2v) is 6.64. The molecule has 0 bridgehead atoms. The van der Waals surface area contributed by atoms with Gasteiger partial charge in [-0.05, 0) is 18.1 Å². The van der Waals surface area contributed by atoms with Crippen molar-refractivity contribution in [3.05, 3.63) is 29.8 Å². The van der Waals surface area contributed by atoms with Crippen molar-refractivity contribution in [2.75, 3.05) is 0 Å². The lowest BCUT2D eigenvalue weighted by molar-refractivity contribution is 0.684. The third-order valence-corrected chi connectivity index (χ3v) is 3.38. The quantitative estimate of drug-likeness (QED) is 0.814. The normalized spacial score (nSPS) is 13.1. The summed E-state index contributed by atoms with van der Waals surface area (Å²) in [4.78, 5) is 1.32. The number of benzene rings is 1. The SMILES string of the molecule is CC[C@@H](N)c1ccccc1SC(C)(C)C.Cl. The Morgan fingerprint density at radius 1 is 1.25 bits per heavy atom. The maximum absolute atomic E-state index is 6.10. The first-order valence-corrected chi connectivity index (χ1v) is 6.29. The topological polar surface area (TPSA) is 26.0 Å². The molecule has 0 spiro atoms. The lowest BCUT2D eigenvalue weighted by atomic mass is 10.1. The smallest absolute Gasteiger partial charge is 0.0303 e. The predicted octanol–water partition coefficient (Wildman–Crippen LogP) is 4.41. The molecular weight excluding hydrogens is 238 g/mol. The Labute approximate surface area is 110 Å². The van der Waals surface area contributed by atoms with Gasteiger partial charge in [-0.25, -0.2) is 0 Å². The standard InChI is InChI=1S/C13H21NS.ClH/c1-5-11(14)10-8-6-7-9-12(10)15-13(2,3)4;/h6-9,11H,5,14H2,1-4H3;1H/t11-;/m1./s1. The lowest BCUT2D eigenvalue weighted by Crippen LogP contribution is -2.12. The Morgan fingerprint density at radius 3 is 2.31 bits per heavy atom. The second kappa shape index (κ2) is 6.53. The fourth-order valence-corrected chi connectivity index (χ4v) is 2.57. The van der Waals surface area contributed by atoms with E-state index in [2.05, 4.69) is 52.0 Å². The van der Waals surface area contributed by atoms with Crippen molar-refractivity contribution < 1.29 is 0 Å². The van der Waals surface area contributed by atoms with Crippen LogP contribution in [0, 0.1) is 0 Å². The van der Waals surface area contributed by atoms with Gasteiger partial charge in [0.2, 0.25) is 0 Å². The van der Waals surface area contributed by atoms with Crippen LogP contribution < -0.4 is 5.73 Å². The summed E-state index contributed by atoms with van der Waals surface area (Å²) in [6.45, 7) is 8.81. The molecule has 0 saturated heterocycles. The summed E-state index contributed by atoms with van der Waals surface area (Å²) >= 11 is 1.89. The minimum Gasteiger partial charge on any atom is -0.324 e. The van der Waals surface area contributed by atoms with Gasteiger partial charge in [-0.2, -0.15) is 0 Å². The molecule has 0 amide bonds. The Kier molecular flexibility index (Phi) is 6.46. The van der Waals surface area contributed by atoms with E-state index >= 15 is 0 Å². The average Bonchev–Trinajstić information content (AvgIpc) is 2.15. The zero-order valence-electron chi connectivity index (χ0n) is 10.5. The number of rotatable bonds is 3. The van der Waals surface area contributed by atoms with Crippen LogP contribution in [0.4, 0.5) is 0 Å². The van der Waals surface area contributed by atoms with Crippen LogP contribution in [0.1, 0.15) is 45.7 Å². The van der Waals surface area contributed by atoms with E-state index in [1.807, 2.05) is 11.8 Å². The van der Waals surface area contributed by atoms with Gasteiger partial charge in [0, 0.05) is 15.7 Å². The molecule has 0 aliphatic rings. The van der Waals surface area contributed by atoms with Crippen LogP contribution >= 0.6 is 24.2 Å². The van der Waals surface area contributed by atoms with Crippen LogP contribution in [-0.2, 0) is 0 Å². The molecule has 1 nitrogen and oxygen atoms in total. The van der Waals surface area contributed by atoms with Gasteiger partial charge in [0.25, 0.3) is 0 Å². The molecule has 0 heterocycles. The molecule has 3 heteroatoms. The minimum atomic E-state index is 0. The van der Waals surface area contributed by atoms with Gasteiger partial charge < -0.3 is 5.73 Å². The summed E-state index contributed by atoms with van der Waals surface area (Å²) in [7, 11) is 0. The molecule has 2 N–H and O–H groups in total. The van der Waals surface area contributed by atoms with E-state index in [9.17, 15) is 0 Å². The highest BCUT2D eigenvalue weighted by molar-refractivity contribution is 8.00. The first kappa shape index (κ1) is 15.8. The van der Waals surface area contributed by atoms with Gasteiger partial charge in [-0.3, -0.25) is 0 Å². The van der Waals surface area contributed by atoms with Crippen molar-refractivity contribution in [3.8, 4) is 0 Å². The zero-order chi connectivity index (χ0) is 11.5. The third kappa shape index (κ3) is 4.77. The van der Waals surface area contributed by atoms with E-state index in [-0.39, 0.29) is 23.2 Å². The zero-order valence-corrected chi connectivity index (χ0v) is 12.1. The van der Waals surface area contributed by atoms with Crippen LogP contribution in [0.3, 0.4) is 0 Å². The number of thioether (sulfide) groups is 1. The molecule has 16 heavy (non-hydrogen) atoms. The first-order valence-electron chi connectivity index (χ1n) is 5.47. The van der Waals surface area contributed by atoms with Gasteiger partial charge in [0.15, 0.2) is 0 Å². The maximum Gasteiger partial charge on any atom is 0.0303 e. The van der Waals surface area contributed by atoms with E-state index in [1.54, 1.807) is 0 Å². The number of hydrogen-bond donors (Lipinski definition) is 1. The molecule has 0 radical (unpaired) electrons. The van der Waals surface area contributed by atoms with Crippen LogP contribution in [0.25, 0.3) is 0 Å². The van der Waals surface area contributed by atoms with Crippen molar-refractivity contribution in [1.29, 1.82) is 0 Å². The highest BCUT2D eigenvalue weighted by Gasteiger charge is 2.16. The first-order chi connectivity index (χ1) is 6.94. The Bertz CT molecular complexity index is 320. The van der Waals surface area contributed by atoms with Crippen LogP contribution in [-0.4, -0.2) is 4.75 Å². The number of nitrogens with two attached hydrogens (primary N) is 1. The predicted molar refractivity (Wildman–Crippen MR) is 76.5 cm³/mol. The van der Waals surface area contributed by atoms with E-state index < -0.39 is 0 Å². The van der Waals surface area contributed by atoms with Gasteiger partial charge in [-0.15, -0.1) is 24.2 Å². The maximum atomic E-state index is 6.10. The number of hydrogen-bond acceptors (Lipinski definition) is 2. The molecule has 0 saturated carbocycles. The molecule has 1 atom stereocenters. The molecule has 92 valence electrons. The molecule has 0 aromatic heterocycles. The lowest BCUT2D eigenvalue weighted by Gasteiger charge is -2.21. The van der Waals surface area contributed by atoms with Crippen LogP contribution in [0.5, 0.6) is 0 Å². The molecular formula is C13H22ClNS. The summed E-state index contributed by atoms with van der Waals surface area (Å²) in [6, 6.07) is 8.62. The van der Waals surface area contributed by atoms with Crippen LogP contribution in [0.2, 0.25) is 0 Å². The minimum absolute atomic E-state index is 0. The third-order valence-electron chi connectivity index (χ3n) is 2.17. The fraction of sp³-hybridized carbons (Fsp3) is 0.538. The summed E-state index contributed by atoms with van der Waals surface area (Å²) in [5.41, 5.74) is 7.38. The van der Waals surface area contributed by atoms with Crippen molar-refractivity contribution >= 4 is 24.2 Å². The molecule has 0 aliphatic heterocycles. The van der Waals surface area contributed by atoms with Gasteiger partial charge in [0.1, 0.15) is 0 Å². The molecule has 0 unspecified atom stereocenters. The molecule has 1 rings (SSSR count). The molecule has 0 fully saturated rings. The summed E-state index contributed by atoms with van der Waals surface area (Å²) in [5, 5.41) is 0. The highest BCUT2D eigenvalue weighted by atomic mass is 35.5. The fourth-order valence-electron chi connectivity index (χ4n) is 1.43. The van der Waals surface area contributed by atoms with Crippen molar-refractivity contribution in [2.45, 2.75) is 49.8 Å². The van der Waals surface area contributed by atoms with Crippen LogP contribution in [0.15, 0.2) is 29.2 Å². The van der Waals surface area contributed by atoms with Gasteiger partial charge in [-0.1, -0.05) is 45.9 Å². The van der Waals surface area contributed by atoms with Gasteiger partial charge >= 0.3 is 0 Å². The van der Waals surface area contributed by atoms with Crippen molar-refractivity contribution in [2.24, 2.45) is 5.73 Å². The molecule has 1 aromatic carbocycles. The summed E-state index contributed by atoms with van der Waals surface area (Å²) in [6.07, 6.45) is 0.988. The summed E-state index contributed by atoms with van der Waals surface area (Å²) in [5.74, 6) is 0. The van der Waals surface area contributed by atoms with E-state index in [0.29, 0.717) is 0 Å². The van der Waals surface area contributed by atoms with E-state index in [0.717, 1.165) is 6.42 Å². The van der Waals surface area contributed by atoms with Crippen molar-refractivity contribution in [1.82, 2.24) is 0 Å². The van der Waals surface area contributed by atoms with Gasteiger partial charge in [0.05, 0.1) is 0 Å². The Morgan fingerprint density at radius 2 is 1.81 bits per heavy atom. The van der Waals surface area contributed by atoms with E-state index in [1.165, 1.54) is 10.5 Å². The largest absolute Gasteiger partial charge is 0.324 e. The second-order valence-electron chi connectivity index (χ2n) is 4.77. The molecule has 1 aromatic rings. The summed E-state index contributed by atoms with van der Waals surface area (Å²) < 4.78 is 0.240. The molecule has 0 aliphatic carbocycles. The average molecular weight is 260 g/mol. The monoisotopic (exact) mass is 259 g/mol. The Hall–Kier alpha value is -0.180. The van der Waals surface area contributed by atoms with Crippen molar-refractivity contribution in [3.63, 3.8) is 0 Å². The highest BCUT2D eigenvalue weighted by Crippen LogP contribution is 2.36. The van der Waals surface area contributed by atoms with E-state index in [4.69, 9.17) is 5.73 Å².